The lowest BCUT2D eigenvalue weighted by molar-refractivity contribution is 0.144. The van der Waals surface area contributed by atoms with Gasteiger partial charge in [-0.15, -0.1) is 0 Å². The predicted molar refractivity (Wildman–Crippen MR) is 90.7 cm³/mol. The lowest BCUT2D eigenvalue weighted by Gasteiger charge is -2.24. The van der Waals surface area contributed by atoms with Gasteiger partial charge in [0.2, 0.25) is 0 Å². The summed E-state index contributed by atoms with van der Waals surface area (Å²) in [7, 11) is 0. The highest BCUT2D eigenvalue weighted by molar-refractivity contribution is 5.29. The third kappa shape index (κ3) is 3.44. The molecule has 22 heavy (non-hydrogen) atoms. The fourth-order valence-corrected chi connectivity index (χ4v) is 2.86. The molecule has 0 amide bonds. The van der Waals surface area contributed by atoms with Crippen molar-refractivity contribution < 1.29 is 5.11 Å². The molecule has 0 aromatic heterocycles. The van der Waals surface area contributed by atoms with Gasteiger partial charge in [0.15, 0.2) is 0 Å². The number of rotatable bonds is 5. The Hall–Kier alpha value is -2.38. The van der Waals surface area contributed by atoms with Gasteiger partial charge in [-0.3, -0.25) is 0 Å². The van der Waals surface area contributed by atoms with Gasteiger partial charge >= 0.3 is 0 Å². The Bertz CT molecular complexity index is 677. The molecule has 0 aliphatic heterocycles. The first kappa shape index (κ1) is 14.6. The molecule has 0 saturated carbocycles. The van der Waals surface area contributed by atoms with Gasteiger partial charge < -0.3 is 5.11 Å². The Morgan fingerprint density at radius 3 is 1.59 bits per heavy atom. The third-order valence-corrected chi connectivity index (χ3v) is 4.05. The van der Waals surface area contributed by atoms with Crippen molar-refractivity contribution in [3.8, 4) is 0 Å². The van der Waals surface area contributed by atoms with E-state index in [2.05, 4.69) is 24.3 Å². The van der Waals surface area contributed by atoms with Crippen LogP contribution in [0.1, 0.15) is 28.7 Å². The van der Waals surface area contributed by atoms with Crippen molar-refractivity contribution in [3.05, 3.63) is 108 Å². The van der Waals surface area contributed by atoms with Crippen LogP contribution in [0.3, 0.4) is 0 Å². The Morgan fingerprint density at radius 1 is 0.591 bits per heavy atom. The van der Waals surface area contributed by atoms with Crippen LogP contribution in [0.5, 0.6) is 0 Å². The van der Waals surface area contributed by atoms with Gasteiger partial charge in [-0.2, -0.15) is 0 Å². The van der Waals surface area contributed by atoms with E-state index in [4.69, 9.17) is 0 Å². The summed E-state index contributed by atoms with van der Waals surface area (Å²) in [6, 6.07) is 30.5. The first-order valence-electron chi connectivity index (χ1n) is 7.66. The summed E-state index contributed by atoms with van der Waals surface area (Å²) in [5, 5.41) is 10.9. The van der Waals surface area contributed by atoms with Crippen molar-refractivity contribution in [2.24, 2.45) is 0 Å². The quantitative estimate of drug-likeness (QED) is 0.718. The maximum absolute atomic E-state index is 10.9. The Kier molecular flexibility index (Phi) is 4.67. The van der Waals surface area contributed by atoms with E-state index in [9.17, 15) is 5.11 Å². The molecule has 0 aliphatic rings. The van der Waals surface area contributed by atoms with Crippen molar-refractivity contribution in [2.45, 2.75) is 18.4 Å². The molecule has 0 spiro atoms. The van der Waals surface area contributed by atoms with Crippen molar-refractivity contribution in [2.75, 3.05) is 0 Å². The largest absolute Gasteiger partial charge is 0.388 e. The maximum Gasteiger partial charge on any atom is 0.0861 e. The summed E-state index contributed by atoms with van der Waals surface area (Å²) in [6.07, 6.45) is 0.310. The average Bonchev–Trinajstić information content (AvgIpc) is 2.61. The van der Waals surface area contributed by atoms with Crippen LogP contribution in [-0.2, 0) is 6.42 Å². The Labute approximate surface area is 131 Å². The molecule has 3 rings (SSSR count). The fraction of sp³-hybridized carbons (Fsp3) is 0.143. The molecule has 1 heteroatoms. The minimum atomic E-state index is -0.510. The van der Waals surface area contributed by atoms with E-state index in [1.165, 1.54) is 11.1 Å². The van der Waals surface area contributed by atoms with Crippen LogP contribution in [0, 0.1) is 0 Å². The summed E-state index contributed by atoms with van der Waals surface area (Å²) in [5.74, 6) is 0.0472. The van der Waals surface area contributed by atoms with Crippen molar-refractivity contribution >= 4 is 0 Å². The lowest BCUT2D eigenvalue weighted by atomic mass is 9.84. The lowest BCUT2D eigenvalue weighted by Crippen LogP contribution is -2.13. The van der Waals surface area contributed by atoms with Gasteiger partial charge in [0.1, 0.15) is 0 Å². The van der Waals surface area contributed by atoms with Crippen molar-refractivity contribution in [3.63, 3.8) is 0 Å². The van der Waals surface area contributed by atoms with Crippen LogP contribution in [0.15, 0.2) is 91.0 Å². The van der Waals surface area contributed by atoms with Gasteiger partial charge in [-0.1, -0.05) is 91.0 Å². The van der Waals surface area contributed by atoms with E-state index >= 15 is 0 Å². The van der Waals surface area contributed by atoms with Gasteiger partial charge in [-0.05, 0) is 23.1 Å². The molecule has 0 fully saturated rings. The van der Waals surface area contributed by atoms with Gasteiger partial charge in [0.05, 0.1) is 6.10 Å². The average molecular weight is 288 g/mol. The number of benzene rings is 3. The van der Waals surface area contributed by atoms with E-state index in [0.29, 0.717) is 0 Å². The molecule has 0 aliphatic carbocycles. The zero-order chi connectivity index (χ0) is 15.2. The van der Waals surface area contributed by atoms with Crippen LogP contribution in [-0.4, -0.2) is 5.11 Å². The van der Waals surface area contributed by atoms with Crippen LogP contribution in [0.25, 0.3) is 0 Å². The van der Waals surface area contributed by atoms with Gasteiger partial charge in [0, 0.05) is 5.92 Å². The minimum absolute atomic E-state index is 0.0472. The van der Waals surface area contributed by atoms with Crippen LogP contribution in [0.4, 0.5) is 0 Å². The summed E-state index contributed by atoms with van der Waals surface area (Å²) < 4.78 is 0. The molecule has 2 atom stereocenters. The molecule has 1 nitrogen and oxygen atoms in total. The summed E-state index contributed by atoms with van der Waals surface area (Å²) in [5.41, 5.74) is 3.38. The first-order chi connectivity index (χ1) is 10.8. The molecule has 0 heterocycles. The number of hydrogen-bond acceptors (Lipinski definition) is 1. The van der Waals surface area contributed by atoms with E-state index in [1.54, 1.807) is 0 Å². The molecule has 0 radical (unpaired) electrons. The van der Waals surface area contributed by atoms with Gasteiger partial charge in [-0.25, -0.2) is 0 Å². The molecular formula is C21H20O. The zero-order valence-corrected chi connectivity index (χ0v) is 12.5. The molecular weight excluding hydrogens is 268 g/mol. The highest BCUT2D eigenvalue weighted by Gasteiger charge is 2.22. The van der Waals surface area contributed by atoms with Gasteiger partial charge in [0.25, 0.3) is 0 Å². The highest BCUT2D eigenvalue weighted by atomic mass is 16.3. The Morgan fingerprint density at radius 2 is 1.05 bits per heavy atom. The van der Waals surface area contributed by atoms with Crippen LogP contribution in [0.2, 0.25) is 0 Å². The molecule has 110 valence electrons. The SMILES string of the molecule is OC(c1ccccc1)C(Cc1ccccc1)c1ccccc1. The zero-order valence-electron chi connectivity index (χ0n) is 12.5. The van der Waals surface area contributed by atoms with E-state index in [0.717, 1.165) is 12.0 Å². The second-order valence-electron chi connectivity index (χ2n) is 5.56. The number of aliphatic hydroxyl groups is 1. The van der Waals surface area contributed by atoms with E-state index < -0.39 is 6.10 Å². The Balaban J connectivity index is 1.93. The fourth-order valence-electron chi connectivity index (χ4n) is 2.86. The second kappa shape index (κ2) is 7.06. The maximum atomic E-state index is 10.9. The van der Waals surface area contributed by atoms with Crippen molar-refractivity contribution in [1.82, 2.24) is 0 Å². The second-order valence-corrected chi connectivity index (χ2v) is 5.56. The standard InChI is InChI=1S/C21H20O/c22-21(19-14-8-3-9-15-19)20(18-12-6-2-7-13-18)16-17-10-4-1-5-11-17/h1-15,20-22H,16H2. The molecule has 3 aromatic rings. The van der Waals surface area contributed by atoms with Crippen LogP contribution < -0.4 is 0 Å². The van der Waals surface area contributed by atoms with E-state index in [-0.39, 0.29) is 5.92 Å². The topological polar surface area (TPSA) is 20.2 Å². The summed E-state index contributed by atoms with van der Waals surface area (Å²) in [6.45, 7) is 0. The number of aliphatic hydroxyl groups excluding tert-OH is 1. The summed E-state index contributed by atoms with van der Waals surface area (Å²) in [4.78, 5) is 0. The molecule has 1 N–H and O–H groups in total. The predicted octanol–water partition coefficient (Wildman–Crippen LogP) is 4.75. The van der Waals surface area contributed by atoms with E-state index in [1.807, 2.05) is 66.7 Å². The normalized spacial score (nSPS) is 13.5. The minimum Gasteiger partial charge on any atom is -0.388 e. The molecule has 2 unspecified atom stereocenters. The smallest absolute Gasteiger partial charge is 0.0861 e. The van der Waals surface area contributed by atoms with Crippen molar-refractivity contribution in [1.29, 1.82) is 0 Å². The van der Waals surface area contributed by atoms with Crippen LogP contribution >= 0.6 is 0 Å². The highest BCUT2D eigenvalue weighted by Crippen LogP contribution is 2.33. The third-order valence-electron chi connectivity index (χ3n) is 4.05. The molecule has 0 saturated heterocycles. The monoisotopic (exact) mass is 288 g/mol. The first-order valence-corrected chi connectivity index (χ1v) is 7.66. The summed E-state index contributed by atoms with van der Waals surface area (Å²) >= 11 is 0. The molecule has 0 bridgehead atoms. The number of hydrogen-bond donors (Lipinski definition) is 1. The molecule has 3 aromatic carbocycles.